The molecule has 0 aliphatic rings. The first-order valence-corrected chi connectivity index (χ1v) is 9.75. The second kappa shape index (κ2) is 7.49. The van der Waals surface area contributed by atoms with Crippen LogP contribution >= 0.6 is 0 Å². The van der Waals surface area contributed by atoms with E-state index in [1.54, 1.807) is 36.8 Å². The zero-order valence-corrected chi connectivity index (χ0v) is 15.2. The highest BCUT2D eigenvalue weighted by molar-refractivity contribution is 7.90. The minimum Gasteiger partial charge on any atom is -0.439 e. The maximum absolute atomic E-state index is 11.7. The van der Waals surface area contributed by atoms with Crippen LogP contribution in [0, 0.1) is 6.92 Å². The Morgan fingerprint density at radius 1 is 1.08 bits per heavy atom. The first-order valence-electron chi connectivity index (χ1n) is 7.86. The molecule has 0 aliphatic carbocycles. The molecular weight excluding hydrogens is 352 g/mol. The van der Waals surface area contributed by atoms with Crippen LogP contribution in [-0.2, 0) is 16.4 Å². The van der Waals surface area contributed by atoms with Crippen LogP contribution in [0.25, 0.3) is 0 Å². The number of anilines is 1. The van der Waals surface area contributed by atoms with Crippen molar-refractivity contribution >= 4 is 15.8 Å². The molecule has 2 heterocycles. The van der Waals surface area contributed by atoms with Gasteiger partial charge in [0.25, 0.3) is 0 Å². The standard InChI is InChI=1S/C18H18N4O3S/c1-13-10-20-18(21-11-13)22-12-14-5-4-8-19-17(14)25-15-6-3-7-16(9-15)26(2,23)24/h3-11H,12H2,1-2H3,(H,20,21,22). The van der Waals surface area contributed by atoms with E-state index in [0.717, 1.165) is 17.4 Å². The number of rotatable bonds is 6. The number of nitrogens with one attached hydrogen (secondary N) is 1. The van der Waals surface area contributed by atoms with Crippen LogP contribution in [0.4, 0.5) is 5.95 Å². The molecule has 3 rings (SSSR count). The zero-order chi connectivity index (χ0) is 18.6. The molecule has 26 heavy (non-hydrogen) atoms. The summed E-state index contributed by atoms with van der Waals surface area (Å²) >= 11 is 0. The van der Waals surface area contributed by atoms with Crippen LogP contribution in [0.1, 0.15) is 11.1 Å². The van der Waals surface area contributed by atoms with Gasteiger partial charge in [0.2, 0.25) is 11.8 Å². The molecule has 1 N–H and O–H groups in total. The highest BCUT2D eigenvalue weighted by Crippen LogP contribution is 2.25. The van der Waals surface area contributed by atoms with Gasteiger partial charge in [0.05, 0.1) is 4.90 Å². The van der Waals surface area contributed by atoms with E-state index in [9.17, 15) is 8.42 Å². The molecule has 0 saturated heterocycles. The molecule has 0 unspecified atom stereocenters. The van der Waals surface area contributed by atoms with Gasteiger partial charge in [-0.2, -0.15) is 0 Å². The lowest BCUT2D eigenvalue weighted by Crippen LogP contribution is -2.05. The third kappa shape index (κ3) is 4.54. The van der Waals surface area contributed by atoms with Crippen molar-refractivity contribution in [3.05, 3.63) is 66.1 Å². The Hall–Kier alpha value is -3.00. The molecule has 134 valence electrons. The molecule has 0 aliphatic heterocycles. The van der Waals surface area contributed by atoms with Crippen LogP contribution in [-0.4, -0.2) is 29.6 Å². The molecule has 7 nitrogen and oxygen atoms in total. The van der Waals surface area contributed by atoms with Gasteiger partial charge in [-0.25, -0.2) is 23.4 Å². The Balaban J connectivity index is 1.78. The molecule has 0 atom stereocenters. The van der Waals surface area contributed by atoms with E-state index in [1.807, 2.05) is 13.0 Å². The van der Waals surface area contributed by atoms with Gasteiger partial charge in [-0.1, -0.05) is 12.1 Å². The monoisotopic (exact) mass is 370 g/mol. The van der Waals surface area contributed by atoms with Gasteiger partial charge in [0, 0.05) is 37.0 Å². The second-order valence-corrected chi connectivity index (χ2v) is 7.77. The first-order chi connectivity index (χ1) is 12.4. The maximum atomic E-state index is 11.7. The summed E-state index contributed by atoms with van der Waals surface area (Å²) in [5, 5.41) is 3.11. The predicted molar refractivity (Wildman–Crippen MR) is 98.0 cm³/mol. The minimum atomic E-state index is -3.31. The first kappa shape index (κ1) is 17.8. The number of ether oxygens (including phenoxy) is 1. The predicted octanol–water partition coefficient (Wildman–Crippen LogP) is 2.99. The topological polar surface area (TPSA) is 94.1 Å². The lowest BCUT2D eigenvalue weighted by Gasteiger charge is -2.11. The fourth-order valence-electron chi connectivity index (χ4n) is 2.19. The molecule has 0 saturated carbocycles. The number of pyridine rings is 1. The Labute approximate surface area is 152 Å². The summed E-state index contributed by atoms with van der Waals surface area (Å²) < 4.78 is 29.2. The van der Waals surface area contributed by atoms with Crippen LogP contribution in [0.2, 0.25) is 0 Å². The molecule has 1 aromatic carbocycles. The van der Waals surface area contributed by atoms with Gasteiger partial charge >= 0.3 is 0 Å². The Morgan fingerprint density at radius 3 is 2.58 bits per heavy atom. The lowest BCUT2D eigenvalue weighted by molar-refractivity contribution is 0.455. The van der Waals surface area contributed by atoms with Crippen molar-refractivity contribution in [1.82, 2.24) is 15.0 Å². The average molecular weight is 370 g/mol. The van der Waals surface area contributed by atoms with Gasteiger partial charge in [-0.05, 0) is 36.8 Å². The van der Waals surface area contributed by atoms with E-state index in [4.69, 9.17) is 4.74 Å². The fraction of sp³-hybridized carbons (Fsp3) is 0.167. The quantitative estimate of drug-likeness (QED) is 0.713. The van der Waals surface area contributed by atoms with Gasteiger partial charge in [-0.3, -0.25) is 0 Å². The SMILES string of the molecule is Cc1cnc(NCc2cccnc2Oc2cccc(S(C)(=O)=O)c2)nc1. The van der Waals surface area contributed by atoms with E-state index < -0.39 is 9.84 Å². The summed E-state index contributed by atoms with van der Waals surface area (Å²) in [6.45, 7) is 2.33. The smallest absolute Gasteiger partial charge is 0.224 e. The number of sulfone groups is 1. The van der Waals surface area contributed by atoms with Crippen LogP contribution in [0.3, 0.4) is 0 Å². The number of benzene rings is 1. The molecule has 8 heteroatoms. The number of hydrogen-bond acceptors (Lipinski definition) is 7. The Morgan fingerprint density at radius 2 is 1.85 bits per heavy atom. The molecular formula is C18H18N4O3S. The Bertz CT molecular complexity index is 1000. The highest BCUT2D eigenvalue weighted by Gasteiger charge is 2.11. The summed E-state index contributed by atoms with van der Waals surface area (Å²) in [6, 6.07) is 9.98. The molecule has 0 amide bonds. The third-order valence-electron chi connectivity index (χ3n) is 3.52. The molecule has 3 aromatic rings. The van der Waals surface area contributed by atoms with Crippen molar-refractivity contribution in [3.8, 4) is 11.6 Å². The second-order valence-electron chi connectivity index (χ2n) is 5.75. The van der Waals surface area contributed by atoms with Crippen molar-refractivity contribution in [2.45, 2.75) is 18.4 Å². The zero-order valence-electron chi connectivity index (χ0n) is 14.4. The van der Waals surface area contributed by atoms with Gasteiger partial charge in [0.1, 0.15) is 5.75 Å². The normalized spacial score (nSPS) is 11.2. The molecule has 0 fully saturated rings. The average Bonchev–Trinajstić information content (AvgIpc) is 2.62. The van der Waals surface area contributed by atoms with E-state index in [0.29, 0.717) is 24.1 Å². The van der Waals surface area contributed by atoms with Gasteiger partial charge in [0.15, 0.2) is 9.84 Å². The minimum absolute atomic E-state index is 0.193. The summed E-state index contributed by atoms with van der Waals surface area (Å²) in [7, 11) is -3.31. The van der Waals surface area contributed by atoms with Crippen molar-refractivity contribution in [2.24, 2.45) is 0 Å². The molecule has 0 bridgehead atoms. The van der Waals surface area contributed by atoms with E-state index in [-0.39, 0.29) is 4.90 Å². The van der Waals surface area contributed by atoms with Crippen LogP contribution in [0.15, 0.2) is 59.9 Å². The molecule has 0 spiro atoms. The van der Waals surface area contributed by atoms with E-state index in [1.165, 1.54) is 12.1 Å². The van der Waals surface area contributed by atoms with Crippen molar-refractivity contribution in [2.75, 3.05) is 11.6 Å². The van der Waals surface area contributed by atoms with Crippen molar-refractivity contribution in [1.29, 1.82) is 0 Å². The van der Waals surface area contributed by atoms with Gasteiger partial charge < -0.3 is 10.1 Å². The number of hydrogen-bond donors (Lipinski definition) is 1. The highest BCUT2D eigenvalue weighted by atomic mass is 32.2. The van der Waals surface area contributed by atoms with E-state index in [2.05, 4.69) is 20.3 Å². The summed E-state index contributed by atoms with van der Waals surface area (Å²) in [5.41, 5.74) is 1.77. The Kier molecular flexibility index (Phi) is 5.13. The number of nitrogens with zero attached hydrogens (tertiary/aromatic N) is 3. The van der Waals surface area contributed by atoms with Crippen molar-refractivity contribution < 1.29 is 13.2 Å². The fourth-order valence-corrected chi connectivity index (χ4v) is 2.84. The van der Waals surface area contributed by atoms with Crippen LogP contribution < -0.4 is 10.1 Å². The molecule has 2 aromatic heterocycles. The maximum Gasteiger partial charge on any atom is 0.224 e. The van der Waals surface area contributed by atoms with Crippen molar-refractivity contribution in [3.63, 3.8) is 0 Å². The lowest BCUT2D eigenvalue weighted by atomic mass is 10.2. The number of aromatic nitrogens is 3. The molecule has 0 radical (unpaired) electrons. The third-order valence-corrected chi connectivity index (χ3v) is 4.63. The van der Waals surface area contributed by atoms with E-state index >= 15 is 0 Å². The largest absolute Gasteiger partial charge is 0.439 e. The number of aryl methyl sites for hydroxylation is 1. The summed E-state index contributed by atoms with van der Waals surface area (Å²) in [5.74, 6) is 1.29. The summed E-state index contributed by atoms with van der Waals surface area (Å²) in [6.07, 6.45) is 6.23. The summed E-state index contributed by atoms with van der Waals surface area (Å²) in [4.78, 5) is 12.8. The van der Waals surface area contributed by atoms with Crippen LogP contribution in [0.5, 0.6) is 11.6 Å². The van der Waals surface area contributed by atoms with Gasteiger partial charge in [-0.15, -0.1) is 0 Å².